The molecule has 0 radical (unpaired) electrons. The summed E-state index contributed by atoms with van der Waals surface area (Å²) in [5.41, 5.74) is -0.624. The van der Waals surface area contributed by atoms with Crippen molar-refractivity contribution in [2.75, 3.05) is 37.6 Å². The maximum absolute atomic E-state index is 13.5. The van der Waals surface area contributed by atoms with E-state index < -0.39 is 30.3 Å². The van der Waals surface area contributed by atoms with E-state index in [1.807, 2.05) is 25.7 Å². The molecule has 0 aromatic carbocycles. The average Bonchev–Trinajstić information content (AvgIpc) is 3.52. The predicted molar refractivity (Wildman–Crippen MR) is 134 cm³/mol. The summed E-state index contributed by atoms with van der Waals surface area (Å²) in [5.74, 6) is 1.23. The van der Waals surface area contributed by atoms with E-state index in [2.05, 4.69) is 14.9 Å². The molecule has 2 aromatic heterocycles. The Labute approximate surface area is 217 Å². The second-order valence-corrected chi connectivity index (χ2v) is 12.4. The quantitative estimate of drug-likeness (QED) is 0.573. The van der Waals surface area contributed by atoms with Crippen LogP contribution in [-0.4, -0.2) is 82.3 Å². The van der Waals surface area contributed by atoms with E-state index in [-0.39, 0.29) is 16.7 Å². The number of carbonyl (C=O) groups is 2. The second kappa shape index (κ2) is 9.59. The molecule has 3 aliphatic rings. The van der Waals surface area contributed by atoms with Crippen molar-refractivity contribution in [3.8, 4) is 0 Å². The molecular formula is C25H32F3N5O3S. The van der Waals surface area contributed by atoms with Gasteiger partial charge in [-0.1, -0.05) is 0 Å². The Morgan fingerprint density at radius 3 is 2.57 bits per heavy atom. The third-order valence-corrected chi connectivity index (χ3v) is 8.36. The van der Waals surface area contributed by atoms with Crippen LogP contribution < -0.4 is 4.90 Å². The Morgan fingerprint density at radius 2 is 1.84 bits per heavy atom. The van der Waals surface area contributed by atoms with Crippen molar-refractivity contribution in [2.24, 2.45) is 11.8 Å². The lowest BCUT2D eigenvalue weighted by molar-refractivity contribution is -0.138. The van der Waals surface area contributed by atoms with Gasteiger partial charge in [0.25, 0.3) is 0 Å². The summed E-state index contributed by atoms with van der Waals surface area (Å²) in [6.07, 6.45) is -2.05. The van der Waals surface area contributed by atoms with Gasteiger partial charge in [-0.15, -0.1) is 11.3 Å². The number of amides is 2. The summed E-state index contributed by atoms with van der Waals surface area (Å²) in [5, 5.41) is 0.650. The predicted octanol–water partition coefficient (Wildman–Crippen LogP) is 4.48. The molecule has 0 spiro atoms. The molecule has 12 heteroatoms. The van der Waals surface area contributed by atoms with Gasteiger partial charge in [-0.25, -0.2) is 14.8 Å². The monoisotopic (exact) mass is 539 g/mol. The minimum atomic E-state index is -4.27. The number of fused-ring (bicyclic) bond motifs is 2. The molecule has 3 saturated heterocycles. The van der Waals surface area contributed by atoms with E-state index in [1.54, 1.807) is 11.0 Å². The molecule has 0 saturated carbocycles. The fourth-order valence-electron chi connectivity index (χ4n) is 5.74. The van der Waals surface area contributed by atoms with Crippen LogP contribution in [0.5, 0.6) is 0 Å². The molecule has 3 fully saturated rings. The van der Waals surface area contributed by atoms with Crippen LogP contribution in [0.2, 0.25) is 0 Å². The summed E-state index contributed by atoms with van der Waals surface area (Å²) in [6, 6.07) is 1.06. The Morgan fingerprint density at radius 1 is 1.08 bits per heavy atom. The molecular weight excluding hydrogens is 507 g/mol. The van der Waals surface area contributed by atoms with Crippen LogP contribution in [0.25, 0.3) is 10.2 Å². The Balaban J connectivity index is 1.26. The second-order valence-electron chi connectivity index (χ2n) is 11.3. The zero-order valence-electron chi connectivity index (χ0n) is 21.3. The molecule has 0 N–H and O–H groups in total. The van der Waals surface area contributed by atoms with Crippen molar-refractivity contribution in [3.05, 3.63) is 17.3 Å². The van der Waals surface area contributed by atoms with E-state index >= 15 is 0 Å². The van der Waals surface area contributed by atoms with Crippen molar-refractivity contribution in [3.63, 3.8) is 0 Å². The third kappa shape index (κ3) is 5.63. The molecule has 2 amide bonds. The van der Waals surface area contributed by atoms with E-state index in [4.69, 9.17) is 4.74 Å². The Bertz CT molecular complexity index is 1180. The lowest BCUT2D eigenvalue weighted by Gasteiger charge is -2.37. The molecule has 3 aliphatic heterocycles. The van der Waals surface area contributed by atoms with Crippen LogP contribution in [0, 0.1) is 11.8 Å². The fraction of sp³-hybridized carbons (Fsp3) is 0.680. The van der Waals surface area contributed by atoms with Gasteiger partial charge in [0.2, 0.25) is 5.91 Å². The third-order valence-electron chi connectivity index (χ3n) is 7.31. The van der Waals surface area contributed by atoms with Gasteiger partial charge < -0.3 is 14.5 Å². The van der Waals surface area contributed by atoms with Crippen LogP contribution in [0.3, 0.4) is 0 Å². The highest BCUT2D eigenvalue weighted by atomic mass is 32.1. The van der Waals surface area contributed by atoms with Crippen molar-refractivity contribution in [2.45, 2.75) is 64.3 Å². The summed E-state index contributed by atoms with van der Waals surface area (Å²) in [7, 11) is 0. The highest BCUT2D eigenvalue weighted by Gasteiger charge is 2.43. The number of hydrogen-bond donors (Lipinski definition) is 0. The lowest BCUT2D eigenvalue weighted by Crippen LogP contribution is -2.52. The number of anilines is 1. The summed E-state index contributed by atoms with van der Waals surface area (Å²) >= 11 is 1.05. The van der Waals surface area contributed by atoms with Gasteiger partial charge in [-0.05, 0) is 57.9 Å². The largest absolute Gasteiger partial charge is 0.444 e. The van der Waals surface area contributed by atoms with E-state index in [0.717, 1.165) is 30.7 Å². The molecule has 37 heavy (non-hydrogen) atoms. The maximum atomic E-state index is 13.5. The number of piperidine rings is 1. The number of carbonyl (C=O) groups excluding carboxylic acids is 2. The highest BCUT2D eigenvalue weighted by molar-refractivity contribution is 7.18. The fourth-order valence-corrected chi connectivity index (χ4v) is 6.77. The molecule has 3 atom stereocenters. The molecule has 5 rings (SSSR count). The van der Waals surface area contributed by atoms with Gasteiger partial charge >= 0.3 is 12.3 Å². The van der Waals surface area contributed by atoms with Crippen LogP contribution in [-0.2, 0) is 16.0 Å². The van der Waals surface area contributed by atoms with Crippen molar-refractivity contribution in [1.82, 2.24) is 19.8 Å². The first-order valence-corrected chi connectivity index (χ1v) is 13.5. The van der Waals surface area contributed by atoms with Crippen molar-refractivity contribution < 1.29 is 27.5 Å². The smallest absolute Gasteiger partial charge is 0.410 e. The van der Waals surface area contributed by atoms with Gasteiger partial charge in [0.15, 0.2) is 0 Å². The molecule has 2 aromatic rings. The van der Waals surface area contributed by atoms with Gasteiger partial charge in [0.1, 0.15) is 28.6 Å². The number of halogens is 3. The number of hydrogen-bond acceptors (Lipinski definition) is 7. The molecule has 0 aliphatic carbocycles. The Hall–Kier alpha value is -2.63. The lowest BCUT2D eigenvalue weighted by atomic mass is 9.88. The zero-order valence-corrected chi connectivity index (χ0v) is 22.1. The standard InChI is InChI=1S/C25H32F3N5O3S/c1-24(2,3)36-23(35)33-7-4-5-19(33)22(34)31-8-6-15-11-32(13-16(15)12-31)20-18-9-17(10-25(26,27)28)37-21(18)30-14-29-20/h9,14-16,19H,4-8,10-13H2,1-3H3/t15-,16+,19+/m1/s1. The number of alkyl halides is 3. The molecule has 0 bridgehead atoms. The highest BCUT2D eigenvalue weighted by Crippen LogP contribution is 2.39. The van der Waals surface area contributed by atoms with Crippen LogP contribution in [0.1, 0.15) is 44.9 Å². The number of thiophene rings is 1. The molecule has 202 valence electrons. The number of aromatic nitrogens is 2. The summed E-state index contributed by atoms with van der Waals surface area (Å²) in [4.78, 5) is 41.1. The zero-order chi connectivity index (χ0) is 26.5. The minimum absolute atomic E-state index is 0.0284. The minimum Gasteiger partial charge on any atom is -0.444 e. The van der Waals surface area contributed by atoms with Gasteiger partial charge in [0.05, 0.1) is 11.8 Å². The van der Waals surface area contributed by atoms with E-state index in [0.29, 0.717) is 54.6 Å². The summed E-state index contributed by atoms with van der Waals surface area (Å²) < 4.78 is 44.3. The number of likely N-dealkylation sites (tertiary alicyclic amines) is 2. The summed E-state index contributed by atoms with van der Waals surface area (Å²) in [6.45, 7) is 8.59. The first kappa shape index (κ1) is 26.0. The number of rotatable bonds is 3. The average molecular weight is 540 g/mol. The Kier molecular flexibility index (Phi) is 6.74. The van der Waals surface area contributed by atoms with E-state index in [1.165, 1.54) is 6.33 Å². The van der Waals surface area contributed by atoms with E-state index in [9.17, 15) is 22.8 Å². The molecule has 0 unspecified atom stereocenters. The van der Waals surface area contributed by atoms with Crippen LogP contribution in [0.4, 0.5) is 23.8 Å². The first-order valence-electron chi connectivity index (χ1n) is 12.7. The number of nitrogens with zero attached hydrogens (tertiary/aromatic N) is 5. The van der Waals surface area contributed by atoms with Crippen molar-refractivity contribution >= 4 is 39.4 Å². The van der Waals surface area contributed by atoms with Gasteiger partial charge in [-0.2, -0.15) is 13.2 Å². The van der Waals surface area contributed by atoms with Gasteiger partial charge in [0, 0.05) is 37.6 Å². The number of ether oxygens (including phenoxy) is 1. The molecule has 5 heterocycles. The maximum Gasteiger partial charge on any atom is 0.410 e. The normalized spacial score (nSPS) is 24.6. The molecule has 8 nitrogen and oxygen atoms in total. The van der Waals surface area contributed by atoms with Crippen LogP contribution >= 0.6 is 11.3 Å². The first-order chi connectivity index (χ1) is 17.4. The van der Waals surface area contributed by atoms with Gasteiger partial charge in [-0.3, -0.25) is 9.69 Å². The van der Waals surface area contributed by atoms with Crippen molar-refractivity contribution in [1.29, 1.82) is 0 Å². The topological polar surface area (TPSA) is 78.9 Å². The SMILES string of the molecule is CC(C)(C)OC(=O)N1CCC[C@H]1C(=O)N1CC[C@@H]2CN(c3ncnc4sc(CC(F)(F)F)cc34)C[C@@H]2C1. The van der Waals surface area contributed by atoms with Crippen LogP contribution in [0.15, 0.2) is 12.4 Å².